The van der Waals surface area contributed by atoms with Crippen molar-refractivity contribution >= 4 is 0 Å². The highest BCUT2D eigenvalue weighted by molar-refractivity contribution is 4.48. The van der Waals surface area contributed by atoms with Gasteiger partial charge in [-0.3, -0.25) is 0 Å². The maximum Gasteiger partial charge on any atom is 0.0701 e. The first kappa shape index (κ1) is 21.8. The Morgan fingerprint density at radius 1 is 0.727 bits per heavy atom. The molecule has 0 aliphatic rings. The van der Waals surface area contributed by atoms with E-state index in [0.717, 1.165) is 45.1 Å². The van der Waals surface area contributed by atoms with Crippen LogP contribution in [0.1, 0.15) is 41.5 Å². The first-order valence-electron chi connectivity index (χ1n) is 8.82. The van der Waals surface area contributed by atoms with Crippen molar-refractivity contribution in [3.8, 4) is 0 Å². The predicted octanol–water partition coefficient (Wildman–Crippen LogP) is 2.73. The van der Waals surface area contributed by atoms with Gasteiger partial charge in [-0.25, -0.2) is 0 Å². The van der Waals surface area contributed by atoms with Crippen LogP contribution in [0, 0.1) is 5.92 Å². The molecule has 0 amide bonds. The Labute approximate surface area is 138 Å². The van der Waals surface area contributed by atoms with Gasteiger partial charge in [-0.2, -0.15) is 0 Å². The summed E-state index contributed by atoms with van der Waals surface area (Å²) in [5.74, 6) is 0.749. The summed E-state index contributed by atoms with van der Waals surface area (Å²) in [7, 11) is 0. The van der Waals surface area contributed by atoms with Crippen molar-refractivity contribution in [3.63, 3.8) is 0 Å². The van der Waals surface area contributed by atoms with Gasteiger partial charge in [-0.05, 0) is 25.3 Å². The molecule has 136 valence electrons. The van der Waals surface area contributed by atoms with Crippen LogP contribution >= 0.6 is 0 Å². The normalized spacial score (nSPS) is 12.7. The van der Waals surface area contributed by atoms with E-state index in [1.165, 1.54) is 6.42 Å². The molecule has 0 rings (SSSR count). The van der Waals surface area contributed by atoms with E-state index >= 15 is 0 Å². The lowest BCUT2D eigenvalue weighted by atomic mass is 10.1. The van der Waals surface area contributed by atoms with E-state index in [-0.39, 0.29) is 1.43 Å². The van der Waals surface area contributed by atoms with E-state index in [1.54, 1.807) is 0 Å². The van der Waals surface area contributed by atoms with Gasteiger partial charge in [0.05, 0.1) is 46.2 Å². The van der Waals surface area contributed by atoms with E-state index < -0.39 is 0 Å². The van der Waals surface area contributed by atoms with Crippen molar-refractivity contribution in [2.45, 2.75) is 40.0 Å². The van der Waals surface area contributed by atoms with Gasteiger partial charge in [0.15, 0.2) is 0 Å². The van der Waals surface area contributed by atoms with Crippen molar-refractivity contribution < 1.29 is 20.4 Å². The minimum atomic E-state index is 0. The van der Waals surface area contributed by atoms with Crippen LogP contribution in [0.5, 0.6) is 0 Å². The molecule has 0 aromatic heterocycles. The second-order valence-electron chi connectivity index (χ2n) is 5.50. The lowest BCUT2D eigenvalue weighted by molar-refractivity contribution is -0.00254. The van der Waals surface area contributed by atoms with E-state index in [0.29, 0.717) is 39.6 Å². The third kappa shape index (κ3) is 17.9. The Morgan fingerprint density at radius 3 is 1.73 bits per heavy atom. The van der Waals surface area contributed by atoms with Crippen LogP contribution < -0.4 is 5.32 Å². The molecular formula is C17H39NO4. The molecule has 0 saturated carbocycles. The van der Waals surface area contributed by atoms with Crippen LogP contribution in [0.4, 0.5) is 0 Å². The molecule has 0 aromatic rings. The Morgan fingerprint density at radius 2 is 1.23 bits per heavy atom. The number of nitrogens with one attached hydrogen (secondary N) is 1. The molecular weight excluding hydrogens is 282 g/mol. The monoisotopic (exact) mass is 321 g/mol. The molecule has 1 atom stereocenters. The van der Waals surface area contributed by atoms with Crippen LogP contribution in [0.15, 0.2) is 0 Å². The van der Waals surface area contributed by atoms with E-state index in [1.807, 2.05) is 0 Å². The van der Waals surface area contributed by atoms with Crippen molar-refractivity contribution in [2.24, 2.45) is 5.92 Å². The van der Waals surface area contributed by atoms with Crippen molar-refractivity contribution in [1.29, 1.82) is 0 Å². The largest absolute Gasteiger partial charge is 0.379 e. The van der Waals surface area contributed by atoms with Crippen molar-refractivity contribution in [1.82, 2.24) is 5.32 Å². The third-order valence-electron chi connectivity index (χ3n) is 3.42. The van der Waals surface area contributed by atoms with Crippen molar-refractivity contribution in [3.05, 3.63) is 0 Å². The average Bonchev–Trinajstić information content (AvgIpc) is 2.54. The zero-order valence-corrected chi connectivity index (χ0v) is 14.9. The van der Waals surface area contributed by atoms with Crippen LogP contribution in [0.25, 0.3) is 0 Å². The number of hydrogen-bond acceptors (Lipinski definition) is 5. The Hall–Kier alpha value is -0.200. The summed E-state index contributed by atoms with van der Waals surface area (Å²) in [6, 6.07) is 0. The smallest absolute Gasteiger partial charge is 0.0701 e. The molecule has 0 radical (unpaired) electrons. The standard InChI is InChI=1S/C17H37NO4.H2/c1-4-7-18-8-10-20-12-14-22-16-15-21-13-11-19-9-6-17(3)5-2;/h17-18H,4-16H2,1-3H3;1H. The average molecular weight is 322 g/mol. The maximum atomic E-state index is 5.51. The molecule has 5 nitrogen and oxygen atoms in total. The van der Waals surface area contributed by atoms with Gasteiger partial charge in [0.1, 0.15) is 0 Å². The summed E-state index contributed by atoms with van der Waals surface area (Å²) >= 11 is 0. The molecule has 1 N–H and O–H groups in total. The molecule has 22 heavy (non-hydrogen) atoms. The molecule has 1 unspecified atom stereocenters. The predicted molar refractivity (Wildman–Crippen MR) is 92.6 cm³/mol. The highest BCUT2D eigenvalue weighted by atomic mass is 16.6. The zero-order chi connectivity index (χ0) is 16.3. The fourth-order valence-electron chi connectivity index (χ4n) is 1.70. The van der Waals surface area contributed by atoms with E-state index in [9.17, 15) is 0 Å². The second-order valence-corrected chi connectivity index (χ2v) is 5.50. The minimum absolute atomic E-state index is 0. The van der Waals surface area contributed by atoms with E-state index in [4.69, 9.17) is 18.9 Å². The Kier molecular flexibility index (Phi) is 18.7. The molecule has 0 fully saturated rings. The summed E-state index contributed by atoms with van der Waals surface area (Å²) in [5.41, 5.74) is 0. The Balaban J connectivity index is 0. The number of ether oxygens (including phenoxy) is 4. The molecule has 0 heterocycles. The molecule has 0 aromatic carbocycles. The minimum Gasteiger partial charge on any atom is -0.379 e. The van der Waals surface area contributed by atoms with E-state index in [2.05, 4.69) is 26.1 Å². The summed E-state index contributed by atoms with van der Waals surface area (Å²) in [6.07, 6.45) is 3.51. The van der Waals surface area contributed by atoms with Gasteiger partial charge in [0, 0.05) is 14.6 Å². The number of hydrogen-bond donors (Lipinski definition) is 1. The quantitative estimate of drug-likeness (QED) is 0.393. The summed E-state index contributed by atoms with van der Waals surface area (Å²) in [6.45, 7) is 14.0. The first-order valence-corrected chi connectivity index (χ1v) is 8.82. The second kappa shape index (κ2) is 18.8. The fourth-order valence-corrected chi connectivity index (χ4v) is 1.70. The van der Waals surface area contributed by atoms with Gasteiger partial charge < -0.3 is 24.3 Å². The topological polar surface area (TPSA) is 49.0 Å². The molecule has 0 saturated heterocycles. The van der Waals surface area contributed by atoms with Gasteiger partial charge in [0.25, 0.3) is 0 Å². The first-order chi connectivity index (χ1) is 10.8. The van der Waals surface area contributed by atoms with Crippen LogP contribution in [-0.4, -0.2) is 65.9 Å². The molecule has 0 spiro atoms. The van der Waals surface area contributed by atoms with Crippen LogP contribution in [0.3, 0.4) is 0 Å². The highest BCUT2D eigenvalue weighted by Crippen LogP contribution is 2.05. The molecule has 0 aliphatic heterocycles. The zero-order valence-electron chi connectivity index (χ0n) is 14.9. The SMILES string of the molecule is CCCNCCOCCOCCOCCOCCC(C)CC.[HH]. The molecule has 0 aliphatic carbocycles. The van der Waals surface area contributed by atoms with Gasteiger partial charge in [-0.15, -0.1) is 0 Å². The van der Waals surface area contributed by atoms with Gasteiger partial charge in [-0.1, -0.05) is 27.2 Å². The highest BCUT2D eigenvalue weighted by Gasteiger charge is 1.98. The third-order valence-corrected chi connectivity index (χ3v) is 3.42. The van der Waals surface area contributed by atoms with Crippen molar-refractivity contribution in [2.75, 3.05) is 65.9 Å². The molecule has 5 heteroatoms. The fraction of sp³-hybridized carbons (Fsp3) is 1.00. The summed E-state index contributed by atoms with van der Waals surface area (Å²) < 4.78 is 21.8. The molecule has 0 bridgehead atoms. The van der Waals surface area contributed by atoms with Gasteiger partial charge in [0.2, 0.25) is 0 Å². The van der Waals surface area contributed by atoms with Crippen LogP contribution in [-0.2, 0) is 18.9 Å². The van der Waals surface area contributed by atoms with Crippen LogP contribution in [0.2, 0.25) is 0 Å². The summed E-state index contributed by atoms with van der Waals surface area (Å²) in [4.78, 5) is 0. The number of rotatable bonds is 18. The lowest BCUT2D eigenvalue weighted by Gasteiger charge is -2.09. The summed E-state index contributed by atoms with van der Waals surface area (Å²) in [5, 5.41) is 3.29. The lowest BCUT2D eigenvalue weighted by Crippen LogP contribution is -2.21. The van der Waals surface area contributed by atoms with Gasteiger partial charge >= 0.3 is 0 Å². The maximum absolute atomic E-state index is 5.51. The Bertz CT molecular complexity index is 211.